The lowest BCUT2D eigenvalue weighted by Crippen LogP contribution is -2.57. The van der Waals surface area contributed by atoms with Crippen LogP contribution in [0.3, 0.4) is 0 Å². The van der Waals surface area contributed by atoms with E-state index in [0.717, 1.165) is 5.56 Å². The first kappa shape index (κ1) is 47.4. The molecule has 0 radical (unpaired) electrons. The molecule has 2 unspecified atom stereocenters. The fraction of sp³-hybridized carbons (Fsp3) is 0.634. The van der Waals surface area contributed by atoms with Gasteiger partial charge in [0.05, 0.1) is 13.2 Å². The lowest BCUT2D eigenvalue weighted by atomic mass is 9.97. The zero-order valence-corrected chi connectivity index (χ0v) is 34.4. The van der Waals surface area contributed by atoms with Crippen LogP contribution < -0.4 is 21.7 Å². The number of carbonyl (C=O) groups is 7. The summed E-state index contributed by atoms with van der Waals surface area (Å²) in [6, 6.07) is 4.84. The number of hydrogen-bond acceptors (Lipinski definition) is 10. The van der Waals surface area contributed by atoms with Gasteiger partial charge in [0, 0.05) is 26.1 Å². The maximum absolute atomic E-state index is 14.1. The Labute approximate surface area is 331 Å². The second kappa shape index (κ2) is 24.0. The van der Waals surface area contributed by atoms with Gasteiger partial charge in [-0.1, -0.05) is 70.5 Å². The van der Waals surface area contributed by atoms with Crippen molar-refractivity contribution in [1.82, 2.24) is 25.8 Å². The molecule has 1 aromatic carbocycles. The van der Waals surface area contributed by atoms with Gasteiger partial charge in [0.1, 0.15) is 24.2 Å². The van der Waals surface area contributed by atoms with Crippen LogP contribution in [0.25, 0.3) is 0 Å². The second-order valence-electron chi connectivity index (χ2n) is 15.1. The van der Waals surface area contributed by atoms with Crippen molar-refractivity contribution in [2.45, 2.75) is 123 Å². The minimum absolute atomic E-state index is 0.0107. The average Bonchev–Trinajstić information content (AvgIpc) is 3.16. The molecule has 56 heavy (non-hydrogen) atoms. The number of carbonyl (C=O) groups excluding carboxylic acids is 7. The fourth-order valence-corrected chi connectivity index (χ4v) is 6.14. The van der Waals surface area contributed by atoms with Crippen molar-refractivity contribution in [3.05, 3.63) is 47.5 Å². The number of amides is 5. The van der Waals surface area contributed by atoms with Crippen molar-refractivity contribution in [3.8, 4) is 0 Å². The number of nitrogens with one attached hydrogen (secondary N) is 3. The Morgan fingerprint density at radius 1 is 0.911 bits per heavy atom. The molecule has 15 heteroatoms. The van der Waals surface area contributed by atoms with E-state index in [1.807, 2.05) is 39.0 Å². The number of ether oxygens (including phenoxy) is 2. The molecule has 5 amide bonds. The number of cyclic esters (lactones) is 2. The van der Waals surface area contributed by atoms with Crippen LogP contribution >= 0.6 is 0 Å². The maximum atomic E-state index is 14.1. The maximum Gasteiger partial charge on any atom is 0.334 e. The molecular formula is C41H64N6O9. The summed E-state index contributed by atoms with van der Waals surface area (Å²) in [5.74, 6) is -4.69. The van der Waals surface area contributed by atoms with Crippen molar-refractivity contribution in [2.24, 2.45) is 17.6 Å². The number of hydrogen-bond donors (Lipinski definition) is 4. The van der Waals surface area contributed by atoms with Gasteiger partial charge in [-0.3, -0.25) is 24.0 Å². The summed E-state index contributed by atoms with van der Waals surface area (Å²) in [7, 11) is 2.88. The number of benzene rings is 1. The summed E-state index contributed by atoms with van der Waals surface area (Å²) in [5.41, 5.74) is 6.68. The highest BCUT2D eigenvalue weighted by Crippen LogP contribution is 2.16. The Balaban J connectivity index is 2.53. The number of nitrogens with two attached hydrogens (primary N) is 1. The third-order valence-corrected chi connectivity index (χ3v) is 9.81. The highest BCUT2D eigenvalue weighted by molar-refractivity contribution is 5.96. The van der Waals surface area contributed by atoms with Gasteiger partial charge in [0.15, 0.2) is 6.10 Å². The quantitative estimate of drug-likeness (QED) is 0.201. The van der Waals surface area contributed by atoms with Gasteiger partial charge in [0.2, 0.25) is 23.6 Å². The van der Waals surface area contributed by atoms with Crippen LogP contribution in [0.15, 0.2) is 42.0 Å². The molecule has 5 N–H and O–H groups in total. The van der Waals surface area contributed by atoms with E-state index >= 15 is 0 Å². The minimum Gasteiger partial charge on any atom is -0.464 e. The van der Waals surface area contributed by atoms with Crippen molar-refractivity contribution in [1.29, 1.82) is 0 Å². The van der Waals surface area contributed by atoms with Gasteiger partial charge in [-0.2, -0.15) is 0 Å². The number of unbranched alkanes of at least 4 members (excludes halogenated alkanes) is 1. The zero-order chi connectivity index (χ0) is 41.9. The molecule has 0 bridgehead atoms. The highest BCUT2D eigenvalue weighted by Gasteiger charge is 2.36. The Morgan fingerprint density at radius 2 is 1.59 bits per heavy atom. The van der Waals surface area contributed by atoms with Gasteiger partial charge in [0.25, 0.3) is 5.91 Å². The number of esters is 2. The third-order valence-electron chi connectivity index (χ3n) is 9.81. The van der Waals surface area contributed by atoms with Crippen molar-refractivity contribution >= 4 is 41.5 Å². The summed E-state index contributed by atoms with van der Waals surface area (Å²) < 4.78 is 11.2. The molecular weight excluding hydrogens is 720 g/mol. The summed E-state index contributed by atoms with van der Waals surface area (Å²) in [6.45, 7) is 10.4. The van der Waals surface area contributed by atoms with Crippen molar-refractivity contribution in [3.63, 3.8) is 0 Å². The molecule has 2 rings (SSSR count). The van der Waals surface area contributed by atoms with E-state index in [-0.39, 0.29) is 43.3 Å². The van der Waals surface area contributed by atoms with E-state index in [0.29, 0.717) is 38.6 Å². The minimum atomic E-state index is -1.20. The van der Waals surface area contributed by atoms with E-state index < -0.39 is 78.3 Å². The monoisotopic (exact) mass is 784 g/mol. The lowest BCUT2D eigenvalue weighted by molar-refractivity contribution is -0.154. The number of nitrogens with zero attached hydrogens (tertiary/aromatic N) is 2. The first-order chi connectivity index (χ1) is 26.5. The van der Waals surface area contributed by atoms with Crippen LogP contribution in [-0.2, 0) is 49.5 Å². The van der Waals surface area contributed by atoms with E-state index in [1.54, 1.807) is 32.1 Å². The molecule has 0 aliphatic carbocycles. The van der Waals surface area contributed by atoms with Gasteiger partial charge < -0.3 is 41.0 Å². The molecule has 1 heterocycles. The molecule has 0 fully saturated rings. The van der Waals surface area contributed by atoms with Crippen molar-refractivity contribution in [2.75, 3.05) is 33.8 Å². The van der Waals surface area contributed by atoms with Gasteiger partial charge >= 0.3 is 11.9 Å². The van der Waals surface area contributed by atoms with Crippen molar-refractivity contribution < 1.29 is 43.0 Å². The summed E-state index contributed by atoms with van der Waals surface area (Å²) in [6.07, 6.45) is 3.41. The normalized spacial score (nSPS) is 25.1. The van der Waals surface area contributed by atoms with Crippen LogP contribution in [0, 0.1) is 11.8 Å². The third kappa shape index (κ3) is 15.4. The van der Waals surface area contributed by atoms with E-state index in [2.05, 4.69) is 16.0 Å². The average molecular weight is 785 g/mol. The Bertz CT molecular complexity index is 1520. The predicted molar refractivity (Wildman–Crippen MR) is 211 cm³/mol. The molecule has 312 valence electrons. The highest BCUT2D eigenvalue weighted by atomic mass is 16.5. The fourth-order valence-electron chi connectivity index (χ4n) is 6.14. The zero-order valence-electron chi connectivity index (χ0n) is 34.4. The number of rotatable bonds is 10. The molecule has 0 aromatic heterocycles. The van der Waals surface area contributed by atoms with Crippen LogP contribution in [0.2, 0.25) is 0 Å². The first-order valence-corrected chi connectivity index (χ1v) is 19.7. The number of likely N-dealkylation sites (N-methyl/N-ethyl adjacent to an activating group) is 2. The summed E-state index contributed by atoms with van der Waals surface area (Å²) in [5, 5.41) is 8.19. The molecule has 15 nitrogen and oxygen atoms in total. The lowest BCUT2D eigenvalue weighted by Gasteiger charge is -2.33. The summed E-state index contributed by atoms with van der Waals surface area (Å²) >= 11 is 0. The smallest absolute Gasteiger partial charge is 0.334 e. The Hall–Kier alpha value is -4.79. The molecule has 6 atom stereocenters. The standard InChI is InChI=1S/C41H64N6O9/c1-9-27(4)35-37(50)44-31(20-13-15-21-42)41(54)55-22-16-14-17-28(5)40(53)56-33(23-26(2)3)36(49)43-29(6)38(51)47(8)32(24-30-18-11-10-12-19-30)39(52)46(7)25-34(48)45-35/h10-12,17-19,26-27,29,31-33,35H,9,13-16,20-25,42H2,1-8H3,(H,43,49)(H,44,50)(H,45,48)/b28-17+/t27?,29-,31-,32+,33+,35?/m0/s1. The predicted octanol–water partition coefficient (Wildman–Crippen LogP) is 2.41. The molecule has 0 saturated heterocycles. The number of allylic oxidation sites excluding steroid dienone is 1. The molecule has 1 aliphatic rings. The molecule has 1 aromatic rings. The van der Waals surface area contributed by atoms with Crippen LogP contribution in [-0.4, -0.2) is 115 Å². The largest absolute Gasteiger partial charge is 0.464 e. The first-order valence-electron chi connectivity index (χ1n) is 19.7. The van der Waals surface area contributed by atoms with Crippen LogP contribution in [0.5, 0.6) is 0 Å². The van der Waals surface area contributed by atoms with Gasteiger partial charge in [-0.05, 0) is 76.3 Å². The summed E-state index contributed by atoms with van der Waals surface area (Å²) in [4.78, 5) is 97.4. The van der Waals surface area contributed by atoms with E-state index in [9.17, 15) is 33.6 Å². The van der Waals surface area contributed by atoms with E-state index in [4.69, 9.17) is 15.2 Å². The molecule has 1 aliphatic heterocycles. The van der Waals surface area contributed by atoms with Crippen LogP contribution in [0.4, 0.5) is 0 Å². The van der Waals surface area contributed by atoms with Crippen LogP contribution in [0.1, 0.15) is 92.1 Å². The topological polar surface area (TPSA) is 207 Å². The Morgan fingerprint density at radius 3 is 2.21 bits per heavy atom. The molecule has 0 saturated carbocycles. The molecule has 0 spiro atoms. The van der Waals surface area contributed by atoms with Gasteiger partial charge in [-0.25, -0.2) is 9.59 Å². The van der Waals surface area contributed by atoms with E-state index in [1.165, 1.54) is 30.8 Å². The van der Waals surface area contributed by atoms with Gasteiger partial charge in [-0.15, -0.1) is 0 Å². The SMILES string of the molecule is CCC(C)C1NC(=O)CN(C)C(=O)[C@@H](Cc2ccccc2)N(C)C(=O)[C@H](C)NC(=O)[C@@H](CC(C)C)OC(=O)/C(C)=C/CCCOC(=O)[C@H](CCCCN)NC1=O. The second-order valence-corrected chi connectivity index (χ2v) is 15.1. The Kier molecular flexibility index (Phi) is 20.3.